The zero-order valence-corrected chi connectivity index (χ0v) is 15.2. The number of β-amino-alcohol motifs (C(OH)–C–C–N with tert-alkyl or cyclic N) is 2. The van der Waals surface area contributed by atoms with Gasteiger partial charge in [-0.1, -0.05) is 0 Å². The second kappa shape index (κ2) is 7.92. The Hall–Kier alpha value is -2.32. The Morgan fingerprint density at radius 2 is 1.77 bits per heavy atom. The van der Waals surface area contributed by atoms with E-state index in [0.29, 0.717) is 5.56 Å². The molecule has 0 radical (unpaired) electrons. The van der Waals surface area contributed by atoms with E-state index < -0.39 is 29.9 Å². The SMILES string of the molecule is CC(C)(C)OC(=O)N[C@@H]1C[C@@H](O)CN(C(=O)c2ccc(O)cc2)C[C@H]1O. The minimum Gasteiger partial charge on any atom is -0.508 e. The third-order valence-electron chi connectivity index (χ3n) is 3.93. The summed E-state index contributed by atoms with van der Waals surface area (Å²) in [6.07, 6.45) is -2.55. The highest BCUT2D eigenvalue weighted by atomic mass is 16.6. The lowest BCUT2D eigenvalue weighted by Gasteiger charge is -2.26. The number of phenols is 1. The molecule has 26 heavy (non-hydrogen) atoms. The van der Waals surface area contributed by atoms with Gasteiger partial charge in [0.1, 0.15) is 11.4 Å². The Balaban J connectivity index is 2.05. The van der Waals surface area contributed by atoms with Crippen molar-refractivity contribution in [1.82, 2.24) is 10.2 Å². The number of alkyl carbamates (subject to hydrolysis) is 1. The van der Waals surface area contributed by atoms with Gasteiger partial charge in [0.15, 0.2) is 0 Å². The van der Waals surface area contributed by atoms with Crippen molar-refractivity contribution >= 4 is 12.0 Å². The number of nitrogens with one attached hydrogen (secondary N) is 1. The van der Waals surface area contributed by atoms with Gasteiger partial charge >= 0.3 is 6.09 Å². The highest BCUT2D eigenvalue weighted by molar-refractivity contribution is 5.94. The Bertz CT molecular complexity index is 640. The third kappa shape index (κ3) is 5.60. The minimum absolute atomic E-state index is 0.0310. The van der Waals surface area contributed by atoms with E-state index in [4.69, 9.17) is 4.74 Å². The van der Waals surface area contributed by atoms with Crippen molar-refractivity contribution < 1.29 is 29.6 Å². The lowest BCUT2D eigenvalue weighted by Crippen LogP contribution is -2.48. The van der Waals surface area contributed by atoms with Gasteiger partial charge in [0.25, 0.3) is 5.91 Å². The predicted molar refractivity (Wildman–Crippen MR) is 93.8 cm³/mol. The summed E-state index contributed by atoms with van der Waals surface area (Å²) in [5.74, 6) is -0.333. The number of aliphatic hydroxyl groups is 2. The zero-order valence-electron chi connectivity index (χ0n) is 15.2. The van der Waals surface area contributed by atoms with E-state index in [1.54, 1.807) is 20.8 Å². The average molecular weight is 366 g/mol. The molecule has 0 unspecified atom stereocenters. The number of likely N-dealkylation sites (tertiary alicyclic amines) is 1. The van der Waals surface area contributed by atoms with Gasteiger partial charge in [-0.3, -0.25) is 4.79 Å². The molecule has 8 heteroatoms. The van der Waals surface area contributed by atoms with Crippen molar-refractivity contribution in [3.05, 3.63) is 29.8 Å². The van der Waals surface area contributed by atoms with Crippen molar-refractivity contribution in [1.29, 1.82) is 0 Å². The van der Waals surface area contributed by atoms with Crippen molar-refractivity contribution in [2.45, 2.75) is 51.0 Å². The number of carbonyl (C=O) groups is 2. The number of ether oxygens (including phenoxy) is 1. The van der Waals surface area contributed by atoms with Crippen molar-refractivity contribution in [3.63, 3.8) is 0 Å². The first-order valence-electron chi connectivity index (χ1n) is 8.49. The Morgan fingerprint density at radius 1 is 1.15 bits per heavy atom. The fraction of sp³-hybridized carbons (Fsp3) is 0.556. The molecule has 0 aromatic heterocycles. The van der Waals surface area contributed by atoms with Gasteiger partial charge in [0.05, 0.1) is 18.2 Å². The maximum Gasteiger partial charge on any atom is 0.407 e. The van der Waals surface area contributed by atoms with Crippen LogP contribution in [-0.2, 0) is 4.74 Å². The van der Waals surface area contributed by atoms with E-state index in [-0.39, 0.29) is 31.2 Å². The van der Waals surface area contributed by atoms with Crippen LogP contribution in [0.3, 0.4) is 0 Å². The number of hydrogen-bond acceptors (Lipinski definition) is 6. The van der Waals surface area contributed by atoms with Crippen LogP contribution in [0, 0.1) is 0 Å². The zero-order chi connectivity index (χ0) is 19.5. The molecule has 1 aromatic carbocycles. The van der Waals surface area contributed by atoms with Gasteiger partial charge in [-0.05, 0) is 51.5 Å². The second-order valence-corrected chi connectivity index (χ2v) is 7.47. The molecular formula is C18H26N2O6. The summed E-state index contributed by atoms with van der Waals surface area (Å²) in [5.41, 5.74) is -0.347. The molecule has 144 valence electrons. The quantitative estimate of drug-likeness (QED) is 0.616. The van der Waals surface area contributed by atoms with Crippen LogP contribution in [0.25, 0.3) is 0 Å². The number of nitrogens with zero attached hydrogens (tertiary/aromatic N) is 1. The van der Waals surface area contributed by atoms with Gasteiger partial charge in [0, 0.05) is 18.7 Å². The van der Waals surface area contributed by atoms with Crippen molar-refractivity contribution in [2.75, 3.05) is 13.1 Å². The number of phenolic OH excluding ortho intramolecular Hbond substituents is 1. The summed E-state index contributed by atoms with van der Waals surface area (Å²) >= 11 is 0. The number of benzene rings is 1. The first-order chi connectivity index (χ1) is 12.0. The van der Waals surface area contributed by atoms with Crippen LogP contribution >= 0.6 is 0 Å². The average Bonchev–Trinajstić information content (AvgIpc) is 2.64. The number of hydrogen-bond donors (Lipinski definition) is 4. The van der Waals surface area contributed by atoms with Crippen LogP contribution in [0.2, 0.25) is 0 Å². The molecule has 0 saturated carbocycles. The normalized spacial score (nSPS) is 23.9. The highest BCUT2D eigenvalue weighted by Crippen LogP contribution is 2.18. The maximum absolute atomic E-state index is 12.6. The molecule has 0 aliphatic carbocycles. The van der Waals surface area contributed by atoms with Crippen LogP contribution in [0.1, 0.15) is 37.6 Å². The van der Waals surface area contributed by atoms with Gasteiger partial charge in [0.2, 0.25) is 0 Å². The van der Waals surface area contributed by atoms with Gasteiger partial charge in [-0.2, -0.15) is 0 Å². The molecule has 4 N–H and O–H groups in total. The van der Waals surface area contributed by atoms with Crippen LogP contribution in [0.4, 0.5) is 4.79 Å². The molecule has 1 heterocycles. The Morgan fingerprint density at radius 3 is 2.35 bits per heavy atom. The molecule has 2 amide bonds. The fourth-order valence-corrected chi connectivity index (χ4v) is 2.77. The van der Waals surface area contributed by atoms with Crippen LogP contribution in [0.15, 0.2) is 24.3 Å². The van der Waals surface area contributed by atoms with E-state index in [9.17, 15) is 24.9 Å². The maximum atomic E-state index is 12.6. The van der Waals surface area contributed by atoms with E-state index in [1.165, 1.54) is 29.2 Å². The van der Waals surface area contributed by atoms with Crippen LogP contribution < -0.4 is 5.32 Å². The highest BCUT2D eigenvalue weighted by Gasteiger charge is 2.34. The molecule has 1 aromatic rings. The number of rotatable bonds is 2. The minimum atomic E-state index is -1.05. The van der Waals surface area contributed by atoms with Gasteiger partial charge < -0.3 is 30.3 Å². The van der Waals surface area contributed by atoms with E-state index >= 15 is 0 Å². The fourth-order valence-electron chi connectivity index (χ4n) is 2.77. The predicted octanol–water partition coefficient (Wildman–Crippen LogP) is 0.853. The first kappa shape index (κ1) is 20.0. The van der Waals surface area contributed by atoms with E-state index in [0.717, 1.165) is 0 Å². The summed E-state index contributed by atoms with van der Waals surface area (Å²) < 4.78 is 5.17. The number of aromatic hydroxyl groups is 1. The standard InChI is InChI=1S/C18H26N2O6/c1-18(2,3)26-17(25)19-14-8-13(22)9-20(10-15(14)23)16(24)11-4-6-12(21)7-5-11/h4-7,13-15,21-23H,8-10H2,1-3H3,(H,19,25)/t13-,14-,15-/m1/s1. The lowest BCUT2D eigenvalue weighted by molar-refractivity contribution is 0.0383. The Kier molecular flexibility index (Phi) is 6.09. The number of aliphatic hydroxyl groups excluding tert-OH is 2. The Labute approximate surface area is 152 Å². The smallest absolute Gasteiger partial charge is 0.407 e. The molecule has 1 saturated heterocycles. The molecule has 8 nitrogen and oxygen atoms in total. The van der Waals surface area contributed by atoms with E-state index in [2.05, 4.69) is 5.32 Å². The molecule has 3 atom stereocenters. The van der Waals surface area contributed by atoms with E-state index in [1.807, 2.05) is 0 Å². The van der Waals surface area contributed by atoms with Gasteiger partial charge in [-0.15, -0.1) is 0 Å². The molecule has 0 spiro atoms. The van der Waals surface area contributed by atoms with Crippen molar-refractivity contribution in [2.24, 2.45) is 0 Å². The summed E-state index contributed by atoms with van der Waals surface area (Å²) in [6.45, 7) is 5.16. The largest absolute Gasteiger partial charge is 0.508 e. The monoisotopic (exact) mass is 366 g/mol. The summed E-state index contributed by atoms with van der Waals surface area (Å²) in [4.78, 5) is 25.8. The molecular weight excluding hydrogens is 340 g/mol. The summed E-state index contributed by atoms with van der Waals surface area (Å²) in [7, 11) is 0. The van der Waals surface area contributed by atoms with Gasteiger partial charge in [-0.25, -0.2) is 4.79 Å². The van der Waals surface area contributed by atoms with Crippen LogP contribution in [-0.4, -0.2) is 69.2 Å². The molecule has 1 aliphatic rings. The molecule has 1 fully saturated rings. The summed E-state index contributed by atoms with van der Waals surface area (Å²) in [5, 5.41) is 32.5. The first-order valence-corrected chi connectivity index (χ1v) is 8.49. The van der Waals surface area contributed by atoms with Crippen molar-refractivity contribution in [3.8, 4) is 5.75 Å². The molecule has 2 rings (SSSR count). The van der Waals surface area contributed by atoms with Crippen LogP contribution in [0.5, 0.6) is 5.75 Å². The molecule has 1 aliphatic heterocycles. The third-order valence-corrected chi connectivity index (χ3v) is 3.93. The lowest BCUT2D eigenvalue weighted by atomic mass is 10.1. The molecule has 0 bridgehead atoms. The summed E-state index contributed by atoms with van der Waals surface area (Å²) in [6, 6.07) is 4.99. The number of carbonyl (C=O) groups excluding carboxylic acids is 2. The topological polar surface area (TPSA) is 119 Å². The number of amides is 2. The second-order valence-electron chi connectivity index (χ2n) is 7.47.